The van der Waals surface area contributed by atoms with E-state index in [0.29, 0.717) is 11.4 Å². The lowest BCUT2D eigenvalue weighted by Gasteiger charge is -2.12. The van der Waals surface area contributed by atoms with Gasteiger partial charge in [0.25, 0.3) is 5.91 Å². The summed E-state index contributed by atoms with van der Waals surface area (Å²) in [5, 5.41) is 7.89. The molecule has 2 rings (SSSR count). The summed E-state index contributed by atoms with van der Waals surface area (Å²) in [6.45, 7) is 5.00. The normalized spacial score (nSPS) is 11.2. The first-order valence-corrected chi connectivity index (χ1v) is 8.10. The molecule has 0 saturated carbocycles. The van der Waals surface area contributed by atoms with Crippen molar-refractivity contribution in [3.8, 4) is 0 Å². The number of hydrogen-bond acceptors (Lipinski definition) is 3. The van der Waals surface area contributed by atoms with E-state index in [4.69, 9.17) is 0 Å². The summed E-state index contributed by atoms with van der Waals surface area (Å²) in [7, 11) is 0. The fourth-order valence-electron chi connectivity index (χ4n) is 2.22. The predicted octanol–water partition coefficient (Wildman–Crippen LogP) is 4.19. The topological polar surface area (TPSA) is 83.1 Å². The van der Waals surface area contributed by atoms with Crippen LogP contribution >= 0.6 is 0 Å². The van der Waals surface area contributed by atoms with Crippen molar-refractivity contribution in [3.05, 3.63) is 53.3 Å². The first-order valence-electron chi connectivity index (χ1n) is 8.10. The molecule has 144 valence electrons. The number of nitrogens with one attached hydrogen (secondary N) is 3. The number of anilines is 2. The van der Waals surface area contributed by atoms with Crippen molar-refractivity contribution in [3.63, 3.8) is 0 Å². The van der Waals surface area contributed by atoms with Crippen molar-refractivity contribution in [2.75, 3.05) is 10.6 Å². The Labute approximate surface area is 154 Å². The van der Waals surface area contributed by atoms with Gasteiger partial charge >= 0.3 is 12.2 Å². The van der Waals surface area contributed by atoms with Crippen LogP contribution in [0.4, 0.5) is 29.3 Å². The SMILES string of the molecule is Cc1nc(C(F)(F)F)ccc1C(=O)Nc1ccc(NC(=O)NC(C)C)cc1. The molecule has 0 aliphatic heterocycles. The summed E-state index contributed by atoms with van der Waals surface area (Å²) in [5.41, 5.74) is -0.0771. The number of aryl methyl sites for hydroxylation is 1. The molecule has 9 heteroatoms. The Balaban J connectivity index is 2.05. The van der Waals surface area contributed by atoms with Crippen LogP contribution in [-0.2, 0) is 6.18 Å². The highest BCUT2D eigenvalue weighted by atomic mass is 19.4. The Morgan fingerprint density at radius 1 is 0.963 bits per heavy atom. The zero-order chi connectivity index (χ0) is 20.2. The van der Waals surface area contributed by atoms with Gasteiger partial charge in [0.2, 0.25) is 0 Å². The summed E-state index contributed by atoms with van der Waals surface area (Å²) < 4.78 is 37.9. The van der Waals surface area contributed by atoms with Crippen LogP contribution in [0.25, 0.3) is 0 Å². The summed E-state index contributed by atoms with van der Waals surface area (Å²) in [6.07, 6.45) is -4.57. The number of hydrogen-bond donors (Lipinski definition) is 3. The zero-order valence-electron chi connectivity index (χ0n) is 14.9. The molecule has 6 nitrogen and oxygen atoms in total. The number of carbonyl (C=O) groups is 2. The van der Waals surface area contributed by atoms with Crippen molar-refractivity contribution < 1.29 is 22.8 Å². The van der Waals surface area contributed by atoms with E-state index in [9.17, 15) is 22.8 Å². The number of benzene rings is 1. The van der Waals surface area contributed by atoms with Crippen LogP contribution in [-0.4, -0.2) is 23.0 Å². The highest BCUT2D eigenvalue weighted by molar-refractivity contribution is 6.05. The van der Waals surface area contributed by atoms with E-state index < -0.39 is 17.8 Å². The maximum absolute atomic E-state index is 12.6. The minimum Gasteiger partial charge on any atom is -0.336 e. The highest BCUT2D eigenvalue weighted by Gasteiger charge is 2.33. The number of nitrogens with zero attached hydrogens (tertiary/aromatic N) is 1. The van der Waals surface area contributed by atoms with Crippen molar-refractivity contribution in [2.24, 2.45) is 0 Å². The molecular weight excluding hydrogens is 361 g/mol. The van der Waals surface area contributed by atoms with Crippen molar-refractivity contribution in [1.82, 2.24) is 10.3 Å². The quantitative estimate of drug-likeness (QED) is 0.744. The Hall–Kier alpha value is -3.10. The zero-order valence-corrected chi connectivity index (χ0v) is 14.9. The van der Waals surface area contributed by atoms with E-state index in [2.05, 4.69) is 20.9 Å². The fourth-order valence-corrected chi connectivity index (χ4v) is 2.22. The minimum absolute atomic E-state index is 0.0101. The summed E-state index contributed by atoms with van der Waals surface area (Å²) >= 11 is 0. The van der Waals surface area contributed by atoms with Crippen LogP contribution in [0.3, 0.4) is 0 Å². The van der Waals surface area contributed by atoms with E-state index in [1.165, 1.54) is 6.92 Å². The Morgan fingerprint density at radius 3 is 2.00 bits per heavy atom. The third kappa shape index (κ3) is 5.70. The van der Waals surface area contributed by atoms with Gasteiger partial charge in [0.1, 0.15) is 5.69 Å². The van der Waals surface area contributed by atoms with E-state index >= 15 is 0 Å². The average Bonchev–Trinajstić information content (AvgIpc) is 2.54. The van der Waals surface area contributed by atoms with Gasteiger partial charge in [0, 0.05) is 17.4 Å². The van der Waals surface area contributed by atoms with E-state index in [-0.39, 0.29) is 23.3 Å². The third-order valence-corrected chi connectivity index (χ3v) is 3.44. The molecule has 0 bridgehead atoms. The molecular formula is C18H19F3N4O2. The number of rotatable bonds is 4. The lowest BCUT2D eigenvalue weighted by atomic mass is 10.1. The lowest BCUT2D eigenvalue weighted by molar-refractivity contribution is -0.141. The number of amides is 3. The van der Waals surface area contributed by atoms with Gasteiger partial charge < -0.3 is 16.0 Å². The molecule has 1 heterocycles. The maximum Gasteiger partial charge on any atom is 0.433 e. The van der Waals surface area contributed by atoms with Gasteiger partial charge in [-0.05, 0) is 57.2 Å². The second kappa shape index (κ2) is 8.07. The van der Waals surface area contributed by atoms with Crippen LogP contribution < -0.4 is 16.0 Å². The van der Waals surface area contributed by atoms with Gasteiger partial charge in [-0.3, -0.25) is 4.79 Å². The average molecular weight is 380 g/mol. The molecule has 3 N–H and O–H groups in total. The van der Waals surface area contributed by atoms with Crippen LogP contribution in [0.2, 0.25) is 0 Å². The summed E-state index contributed by atoms with van der Waals surface area (Å²) in [4.78, 5) is 27.3. The van der Waals surface area contributed by atoms with Gasteiger partial charge in [0.05, 0.1) is 11.3 Å². The molecule has 1 aromatic carbocycles. The number of carbonyl (C=O) groups excluding carboxylic acids is 2. The highest BCUT2D eigenvalue weighted by Crippen LogP contribution is 2.28. The standard InChI is InChI=1S/C18H19F3N4O2/c1-10(2)22-17(27)25-13-6-4-12(5-7-13)24-16(26)14-8-9-15(18(19,20)21)23-11(14)3/h4-10H,1-3H3,(H,24,26)(H2,22,25,27). The van der Waals surface area contributed by atoms with Crippen molar-refractivity contribution in [1.29, 1.82) is 0 Å². The van der Waals surface area contributed by atoms with Gasteiger partial charge in [0.15, 0.2) is 0 Å². The second-order valence-electron chi connectivity index (χ2n) is 6.11. The third-order valence-electron chi connectivity index (χ3n) is 3.44. The number of pyridine rings is 1. The molecule has 2 aromatic rings. The van der Waals surface area contributed by atoms with Crippen LogP contribution in [0, 0.1) is 6.92 Å². The molecule has 0 atom stereocenters. The second-order valence-corrected chi connectivity index (χ2v) is 6.11. The summed E-state index contributed by atoms with van der Waals surface area (Å²) in [6, 6.07) is 7.80. The molecule has 27 heavy (non-hydrogen) atoms. The van der Waals surface area contributed by atoms with E-state index in [0.717, 1.165) is 12.1 Å². The first-order chi connectivity index (χ1) is 12.6. The van der Waals surface area contributed by atoms with Crippen LogP contribution in [0.5, 0.6) is 0 Å². The number of aromatic nitrogens is 1. The van der Waals surface area contributed by atoms with E-state index in [1.807, 2.05) is 13.8 Å². The summed E-state index contributed by atoms with van der Waals surface area (Å²) in [5.74, 6) is -0.577. The molecule has 0 saturated heterocycles. The molecule has 0 fully saturated rings. The molecule has 1 aromatic heterocycles. The molecule has 0 spiro atoms. The molecule has 3 amide bonds. The number of alkyl halides is 3. The molecule has 0 radical (unpaired) electrons. The molecule has 0 unspecified atom stereocenters. The fraction of sp³-hybridized carbons (Fsp3) is 0.278. The van der Waals surface area contributed by atoms with Crippen LogP contribution in [0.1, 0.15) is 35.6 Å². The first kappa shape index (κ1) is 20.2. The molecule has 0 aliphatic carbocycles. The van der Waals surface area contributed by atoms with Gasteiger partial charge in [-0.25, -0.2) is 9.78 Å². The Morgan fingerprint density at radius 2 is 1.52 bits per heavy atom. The van der Waals surface area contributed by atoms with Gasteiger partial charge in [-0.15, -0.1) is 0 Å². The van der Waals surface area contributed by atoms with Crippen molar-refractivity contribution >= 4 is 23.3 Å². The Bertz CT molecular complexity index is 833. The lowest BCUT2D eigenvalue weighted by Crippen LogP contribution is -2.34. The van der Waals surface area contributed by atoms with Gasteiger partial charge in [-0.2, -0.15) is 13.2 Å². The minimum atomic E-state index is -4.57. The molecule has 0 aliphatic rings. The van der Waals surface area contributed by atoms with E-state index in [1.54, 1.807) is 24.3 Å². The van der Waals surface area contributed by atoms with Gasteiger partial charge in [-0.1, -0.05) is 0 Å². The number of halogens is 3. The monoisotopic (exact) mass is 380 g/mol. The van der Waals surface area contributed by atoms with Crippen LogP contribution in [0.15, 0.2) is 36.4 Å². The number of urea groups is 1. The Kier molecular flexibility index (Phi) is 6.04. The van der Waals surface area contributed by atoms with Crippen molar-refractivity contribution in [2.45, 2.75) is 33.0 Å². The largest absolute Gasteiger partial charge is 0.433 e. The predicted molar refractivity (Wildman–Crippen MR) is 95.7 cm³/mol. The maximum atomic E-state index is 12.6. The smallest absolute Gasteiger partial charge is 0.336 e.